The number of carbonyl (C=O) groups is 3. The third-order valence-electron chi connectivity index (χ3n) is 6.78. The average molecular weight is 481 g/mol. The summed E-state index contributed by atoms with van der Waals surface area (Å²) in [6.07, 6.45) is -0.360. The zero-order valence-electron chi connectivity index (χ0n) is 20.2. The fraction of sp³-hybridized carbons (Fsp3) is 0.241. The molecule has 1 aliphatic heterocycles. The van der Waals surface area contributed by atoms with Crippen molar-refractivity contribution in [3.63, 3.8) is 0 Å². The lowest BCUT2D eigenvalue weighted by Gasteiger charge is -2.22. The highest BCUT2D eigenvalue weighted by Gasteiger charge is 2.44. The van der Waals surface area contributed by atoms with Gasteiger partial charge >= 0.3 is 0 Å². The van der Waals surface area contributed by atoms with E-state index in [1.807, 2.05) is 84.9 Å². The summed E-state index contributed by atoms with van der Waals surface area (Å²) in [5, 5.41) is 5.56. The lowest BCUT2D eigenvalue weighted by molar-refractivity contribution is -0.131. The summed E-state index contributed by atoms with van der Waals surface area (Å²) >= 11 is 0. The molecule has 1 saturated carbocycles. The summed E-state index contributed by atoms with van der Waals surface area (Å²) < 4.78 is 0. The number of nitrogens with one attached hydrogen (secondary N) is 2. The molecule has 0 saturated heterocycles. The zero-order valence-corrected chi connectivity index (χ0v) is 20.2. The summed E-state index contributed by atoms with van der Waals surface area (Å²) in [4.78, 5) is 45.3. The third kappa shape index (κ3) is 4.64. The molecule has 3 amide bonds. The molecular formula is C29H28N4O3. The fourth-order valence-electron chi connectivity index (χ4n) is 4.64. The standard InChI is InChI=1S/C29H28N4O3/c1-18(30-28(35)23-17-22(23)19-11-5-3-6-12-19)27(34)32-26-29(36)33(2)24-16-10-9-15-21(24)25(31-26)20-13-7-4-8-14-20/h3-16,18,22-23,26H,17H2,1-2H3,(H,30,35)(H,32,34)/t18-,22-,23+,26+/m0/s1. The van der Waals surface area contributed by atoms with Crippen molar-refractivity contribution in [2.75, 3.05) is 11.9 Å². The topological polar surface area (TPSA) is 90.9 Å². The molecule has 7 nitrogen and oxygen atoms in total. The van der Waals surface area contributed by atoms with E-state index in [0.29, 0.717) is 11.4 Å². The first kappa shape index (κ1) is 23.5. The Kier molecular flexibility index (Phi) is 6.38. The maximum absolute atomic E-state index is 13.3. The largest absolute Gasteiger partial charge is 0.344 e. The number of benzodiazepines with no additional fused rings is 1. The Hall–Kier alpha value is -4.26. The molecule has 7 heteroatoms. The molecule has 2 aliphatic rings. The van der Waals surface area contributed by atoms with E-state index < -0.39 is 18.1 Å². The van der Waals surface area contributed by atoms with E-state index in [4.69, 9.17) is 4.99 Å². The number of carbonyl (C=O) groups excluding carboxylic acids is 3. The van der Waals surface area contributed by atoms with E-state index in [9.17, 15) is 14.4 Å². The van der Waals surface area contributed by atoms with Gasteiger partial charge in [0.15, 0.2) is 0 Å². The van der Waals surface area contributed by atoms with Gasteiger partial charge in [-0.05, 0) is 30.9 Å². The van der Waals surface area contributed by atoms with Crippen molar-refractivity contribution in [3.05, 3.63) is 102 Å². The molecule has 2 N–H and O–H groups in total. The van der Waals surface area contributed by atoms with Crippen LogP contribution in [0.3, 0.4) is 0 Å². The first-order valence-corrected chi connectivity index (χ1v) is 12.1. The molecule has 36 heavy (non-hydrogen) atoms. The molecule has 5 rings (SSSR count). The van der Waals surface area contributed by atoms with Crippen LogP contribution in [0, 0.1) is 5.92 Å². The third-order valence-corrected chi connectivity index (χ3v) is 6.78. The van der Waals surface area contributed by atoms with Gasteiger partial charge in [0.2, 0.25) is 18.0 Å². The predicted molar refractivity (Wildman–Crippen MR) is 139 cm³/mol. The normalized spacial score (nSPS) is 21.5. The molecule has 4 atom stereocenters. The van der Waals surface area contributed by atoms with Crippen LogP contribution in [-0.2, 0) is 14.4 Å². The molecule has 0 unspecified atom stereocenters. The van der Waals surface area contributed by atoms with Crippen molar-refractivity contribution in [1.82, 2.24) is 10.6 Å². The van der Waals surface area contributed by atoms with Gasteiger partial charge in [-0.25, -0.2) is 4.99 Å². The Bertz CT molecular complexity index is 1320. The van der Waals surface area contributed by atoms with E-state index in [1.54, 1.807) is 14.0 Å². The van der Waals surface area contributed by atoms with Crippen LogP contribution in [-0.4, -0.2) is 42.7 Å². The number of hydrogen-bond acceptors (Lipinski definition) is 4. The Labute approximate surface area is 210 Å². The number of aliphatic imine (C=N–C) groups is 1. The van der Waals surface area contributed by atoms with Gasteiger partial charge in [-0.3, -0.25) is 14.4 Å². The molecule has 0 aromatic heterocycles. The smallest absolute Gasteiger partial charge is 0.272 e. The Morgan fingerprint density at radius 1 is 0.944 bits per heavy atom. The number of rotatable bonds is 6. The van der Waals surface area contributed by atoms with Gasteiger partial charge in [0.05, 0.1) is 11.4 Å². The van der Waals surface area contributed by atoms with Crippen molar-refractivity contribution in [2.45, 2.75) is 31.5 Å². The second-order valence-electron chi connectivity index (χ2n) is 9.26. The molecular weight excluding hydrogens is 452 g/mol. The van der Waals surface area contributed by atoms with Gasteiger partial charge in [0.1, 0.15) is 6.04 Å². The van der Waals surface area contributed by atoms with Crippen molar-refractivity contribution in [1.29, 1.82) is 0 Å². The minimum Gasteiger partial charge on any atom is -0.344 e. The zero-order chi connectivity index (χ0) is 25.2. The van der Waals surface area contributed by atoms with Crippen molar-refractivity contribution >= 4 is 29.1 Å². The lowest BCUT2D eigenvalue weighted by atomic mass is 10.0. The van der Waals surface area contributed by atoms with Crippen molar-refractivity contribution in [3.8, 4) is 0 Å². The van der Waals surface area contributed by atoms with Gasteiger partial charge < -0.3 is 15.5 Å². The van der Waals surface area contributed by atoms with Gasteiger partial charge in [-0.1, -0.05) is 78.9 Å². The maximum atomic E-state index is 13.3. The van der Waals surface area contributed by atoms with Crippen LogP contribution >= 0.6 is 0 Å². The number of para-hydroxylation sites is 1. The Balaban J connectivity index is 1.32. The fourth-order valence-corrected chi connectivity index (χ4v) is 4.64. The highest BCUT2D eigenvalue weighted by Crippen LogP contribution is 2.47. The van der Waals surface area contributed by atoms with E-state index in [1.165, 1.54) is 4.90 Å². The number of fused-ring (bicyclic) bond motifs is 1. The molecule has 3 aromatic carbocycles. The van der Waals surface area contributed by atoms with E-state index in [-0.39, 0.29) is 23.7 Å². The van der Waals surface area contributed by atoms with Crippen molar-refractivity contribution < 1.29 is 14.4 Å². The molecule has 1 fully saturated rings. The molecule has 0 radical (unpaired) electrons. The van der Waals surface area contributed by atoms with Gasteiger partial charge in [0.25, 0.3) is 5.91 Å². The average Bonchev–Trinajstić information content (AvgIpc) is 3.73. The van der Waals surface area contributed by atoms with E-state index in [2.05, 4.69) is 10.6 Å². The molecule has 0 bridgehead atoms. The summed E-state index contributed by atoms with van der Waals surface area (Å²) in [7, 11) is 1.67. The van der Waals surface area contributed by atoms with Gasteiger partial charge in [-0.2, -0.15) is 0 Å². The minimum absolute atomic E-state index is 0.148. The summed E-state index contributed by atoms with van der Waals surface area (Å²) in [5.41, 5.74) is 4.11. The van der Waals surface area contributed by atoms with E-state index >= 15 is 0 Å². The van der Waals surface area contributed by atoms with Crippen LogP contribution in [0.15, 0.2) is 89.9 Å². The van der Waals surface area contributed by atoms with Crippen LogP contribution in [0.4, 0.5) is 5.69 Å². The van der Waals surface area contributed by atoms with Crippen LogP contribution < -0.4 is 15.5 Å². The summed E-state index contributed by atoms with van der Waals surface area (Å²) in [6, 6.07) is 26.2. The van der Waals surface area contributed by atoms with Crippen LogP contribution in [0.25, 0.3) is 0 Å². The number of hydrogen-bond donors (Lipinski definition) is 2. The van der Waals surface area contributed by atoms with Crippen LogP contribution in [0.1, 0.15) is 36.0 Å². The monoisotopic (exact) mass is 480 g/mol. The summed E-state index contributed by atoms with van der Waals surface area (Å²) in [5.74, 6) is -0.946. The first-order chi connectivity index (χ1) is 17.4. The lowest BCUT2D eigenvalue weighted by Crippen LogP contribution is -2.52. The SMILES string of the molecule is C[C@H](NC(=O)[C@@H]1C[C@H]1c1ccccc1)C(=O)N[C@H]1N=C(c2ccccc2)c2ccccc2N(C)C1=O. The van der Waals surface area contributed by atoms with Crippen LogP contribution in [0.5, 0.6) is 0 Å². The van der Waals surface area contributed by atoms with Gasteiger partial charge in [0, 0.05) is 24.1 Å². The molecule has 1 heterocycles. The number of likely N-dealkylation sites (N-methyl/N-ethyl adjacent to an activating group) is 1. The summed E-state index contributed by atoms with van der Waals surface area (Å²) in [6.45, 7) is 1.62. The maximum Gasteiger partial charge on any atom is 0.272 e. The molecule has 182 valence electrons. The second kappa shape index (κ2) is 9.77. The number of benzene rings is 3. The number of anilines is 1. The van der Waals surface area contributed by atoms with Crippen molar-refractivity contribution in [2.24, 2.45) is 10.9 Å². The highest BCUT2D eigenvalue weighted by atomic mass is 16.2. The number of nitrogens with zero attached hydrogens (tertiary/aromatic N) is 2. The molecule has 0 spiro atoms. The highest BCUT2D eigenvalue weighted by molar-refractivity contribution is 6.20. The number of amides is 3. The van der Waals surface area contributed by atoms with E-state index in [0.717, 1.165) is 23.1 Å². The first-order valence-electron chi connectivity index (χ1n) is 12.1. The van der Waals surface area contributed by atoms with Gasteiger partial charge in [-0.15, -0.1) is 0 Å². The predicted octanol–water partition coefficient (Wildman–Crippen LogP) is 3.25. The molecule has 3 aromatic rings. The Morgan fingerprint density at radius 3 is 2.31 bits per heavy atom. The Morgan fingerprint density at radius 2 is 1.58 bits per heavy atom. The molecule has 1 aliphatic carbocycles. The quantitative estimate of drug-likeness (QED) is 0.568. The second-order valence-corrected chi connectivity index (χ2v) is 9.26. The minimum atomic E-state index is -1.12. The van der Waals surface area contributed by atoms with Crippen LogP contribution in [0.2, 0.25) is 0 Å².